The van der Waals surface area contributed by atoms with Crippen LogP contribution in [0.1, 0.15) is 18.1 Å². The minimum absolute atomic E-state index is 0.322. The van der Waals surface area contributed by atoms with E-state index in [1.807, 2.05) is 49.1 Å². The molecule has 6 nitrogen and oxygen atoms in total. The van der Waals surface area contributed by atoms with Crippen LogP contribution in [0.5, 0.6) is 0 Å². The lowest BCUT2D eigenvalue weighted by Gasteiger charge is -2.11. The SMILES string of the molecule is CC1SC(N)=NC1Cc1ccncc1.NC1=NC(Cc2ccncc2)CS1. The third-order valence-electron chi connectivity index (χ3n) is 4.29. The highest BCUT2D eigenvalue weighted by molar-refractivity contribution is 8.14. The van der Waals surface area contributed by atoms with Crippen molar-refractivity contribution in [1.82, 2.24) is 9.97 Å². The van der Waals surface area contributed by atoms with Gasteiger partial charge in [0.05, 0.1) is 12.1 Å². The van der Waals surface area contributed by atoms with Gasteiger partial charge in [0.25, 0.3) is 0 Å². The number of amidine groups is 2. The molecule has 0 saturated carbocycles. The molecular weight excluding hydrogens is 376 g/mol. The predicted octanol–water partition coefficient (Wildman–Crippen LogP) is 2.50. The van der Waals surface area contributed by atoms with Crippen molar-refractivity contribution in [3.8, 4) is 0 Å². The number of thioether (sulfide) groups is 2. The third-order valence-corrected chi connectivity index (χ3v) is 6.28. The van der Waals surface area contributed by atoms with Crippen molar-refractivity contribution in [2.24, 2.45) is 21.5 Å². The molecule has 4 heterocycles. The van der Waals surface area contributed by atoms with Gasteiger partial charge in [-0.05, 0) is 48.2 Å². The topological polar surface area (TPSA) is 103 Å². The average molecular weight is 401 g/mol. The Bertz CT molecular complexity index is 781. The van der Waals surface area contributed by atoms with Crippen LogP contribution < -0.4 is 11.5 Å². The summed E-state index contributed by atoms with van der Waals surface area (Å²) < 4.78 is 0. The van der Waals surface area contributed by atoms with Crippen molar-refractivity contribution in [2.45, 2.75) is 37.1 Å². The maximum absolute atomic E-state index is 5.67. The van der Waals surface area contributed by atoms with Crippen molar-refractivity contribution >= 4 is 33.9 Å². The first kappa shape index (κ1) is 19.7. The van der Waals surface area contributed by atoms with Crippen LogP contribution in [0, 0.1) is 0 Å². The minimum atomic E-state index is 0.322. The number of rotatable bonds is 4. The second kappa shape index (κ2) is 9.75. The largest absolute Gasteiger partial charge is 0.379 e. The lowest BCUT2D eigenvalue weighted by molar-refractivity contribution is 0.674. The lowest BCUT2D eigenvalue weighted by Crippen LogP contribution is -2.16. The molecular formula is C19H24N6S2. The molecule has 3 atom stereocenters. The van der Waals surface area contributed by atoms with E-state index in [0.29, 0.717) is 17.3 Å². The van der Waals surface area contributed by atoms with Crippen LogP contribution >= 0.6 is 23.5 Å². The molecule has 2 aromatic heterocycles. The van der Waals surface area contributed by atoms with Crippen molar-refractivity contribution < 1.29 is 0 Å². The van der Waals surface area contributed by atoms with Crippen molar-refractivity contribution in [2.75, 3.05) is 5.75 Å². The summed E-state index contributed by atoms with van der Waals surface area (Å²) >= 11 is 3.30. The summed E-state index contributed by atoms with van der Waals surface area (Å²) in [5.74, 6) is 1.01. The van der Waals surface area contributed by atoms with E-state index >= 15 is 0 Å². The first-order valence-corrected chi connectivity index (χ1v) is 10.7. The Balaban J connectivity index is 0.000000156. The number of aromatic nitrogens is 2. The molecule has 142 valence electrons. The van der Waals surface area contributed by atoms with E-state index in [1.165, 1.54) is 11.1 Å². The smallest absolute Gasteiger partial charge is 0.154 e. The molecule has 0 saturated heterocycles. The number of nitrogens with zero attached hydrogens (tertiary/aromatic N) is 4. The van der Waals surface area contributed by atoms with E-state index in [-0.39, 0.29) is 0 Å². The fourth-order valence-electron chi connectivity index (χ4n) is 2.87. The highest BCUT2D eigenvalue weighted by Gasteiger charge is 2.24. The Hall–Kier alpha value is -2.06. The van der Waals surface area contributed by atoms with Gasteiger partial charge in [-0.2, -0.15) is 0 Å². The molecule has 3 unspecified atom stereocenters. The summed E-state index contributed by atoms with van der Waals surface area (Å²) in [4.78, 5) is 16.7. The van der Waals surface area contributed by atoms with Crippen LogP contribution in [-0.4, -0.2) is 43.4 Å². The Morgan fingerprint density at radius 2 is 1.48 bits per heavy atom. The van der Waals surface area contributed by atoms with Crippen LogP contribution in [-0.2, 0) is 12.8 Å². The highest BCUT2D eigenvalue weighted by Crippen LogP contribution is 2.26. The Labute approximate surface area is 168 Å². The van der Waals surface area contributed by atoms with Gasteiger partial charge < -0.3 is 11.5 Å². The first-order chi connectivity index (χ1) is 13.1. The van der Waals surface area contributed by atoms with E-state index in [2.05, 4.69) is 26.9 Å². The molecule has 0 aliphatic carbocycles. The highest BCUT2D eigenvalue weighted by atomic mass is 32.2. The average Bonchev–Trinajstić information content (AvgIpc) is 3.22. The first-order valence-electron chi connectivity index (χ1n) is 8.84. The summed E-state index contributed by atoms with van der Waals surface area (Å²) in [5, 5.41) is 1.93. The molecule has 2 aromatic rings. The van der Waals surface area contributed by atoms with Gasteiger partial charge in [0.2, 0.25) is 0 Å². The molecule has 0 radical (unpaired) electrons. The zero-order chi connectivity index (χ0) is 19.1. The standard InChI is InChI=1S/C10H13N3S.C9H11N3S/c1-7-9(13-10(11)14-7)6-8-2-4-12-5-3-8;10-9-12-8(6-13-9)5-7-1-3-11-4-2-7/h2-5,7,9H,6H2,1H3,(H2,11,13);1-4,8H,5-6H2,(H2,10,12). The number of pyridine rings is 2. The molecule has 2 aliphatic heterocycles. The van der Waals surface area contributed by atoms with Crippen LogP contribution in [0.2, 0.25) is 0 Å². The van der Waals surface area contributed by atoms with E-state index in [4.69, 9.17) is 11.5 Å². The number of nitrogens with two attached hydrogens (primary N) is 2. The zero-order valence-electron chi connectivity index (χ0n) is 15.2. The van der Waals surface area contributed by atoms with Crippen molar-refractivity contribution in [3.05, 3.63) is 60.2 Å². The fourth-order valence-corrected chi connectivity index (χ4v) is 4.54. The summed E-state index contributed by atoms with van der Waals surface area (Å²) in [6.07, 6.45) is 9.17. The molecule has 0 spiro atoms. The van der Waals surface area contributed by atoms with Crippen molar-refractivity contribution in [1.29, 1.82) is 0 Å². The van der Waals surface area contributed by atoms with Gasteiger partial charge in [-0.15, -0.1) is 0 Å². The van der Waals surface area contributed by atoms with Gasteiger partial charge in [-0.1, -0.05) is 30.4 Å². The van der Waals surface area contributed by atoms with Crippen molar-refractivity contribution in [3.63, 3.8) is 0 Å². The van der Waals surface area contributed by atoms with Gasteiger partial charge in [-0.3, -0.25) is 20.0 Å². The van der Waals surface area contributed by atoms with Gasteiger partial charge in [-0.25, -0.2) is 0 Å². The van der Waals surface area contributed by atoms with Gasteiger partial charge in [0.1, 0.15) is 0 Å². The maximum atomic E-state index is 5.67. The predicted molar refractivity (Wildman–Crippen MR) is 116 cm³/mol. The number of hydrogen-bond donors (Lipinski definition) is 2. The quantitative estimate of drug-likeness (QED) is 0.817. The second-order valence-corrected chi connectivity index (χ2v) is 8.85. The summed E-state index contributed by atoms with van der Waals surface area (Å²) in [7, 11) is 0. The van der Waals surface area contributed by atoms with Crippen LogP contribution in [0.4, 0.5) is 0 Å². The van der Waals surface area contributed by atoms with E-state index in [1.54, 1.807) is 23.5 Å². The van der Waals surface area contributed by atoms with Gasteiger partial charge in [0.15, 0.2) is 10.3 Å². The Morgan fingerprint density at radius 3 is 1.96 bits per heavy atom. The van der Waals surface area contributed by atoms with Gasteiger partial charge in [0, 0.05) is 35.8 Å². The molecule has 8 heteroatoms. The maximum Gasteiger partial charge on any atom is 0.154 e. The fraction of sp³-hybridized carbons (Fsp3) is 0.368. The van der Waals surface area contributed by atoms with Crippen LogP contribution in [0.25, 0.3) is 0 Å². The molecule has 4 rings (SSSR count). The van der Waals surface area contributed by atoms with E-state index in [0.717, 1.165) is 28.9 Å². The van der Waals surface area contributed by atoms with E-state index in [9.17, 15) is 0 Å². The third kappa shape index (κ3) is 6.25. The summed E-state index contributed by atoms with van der Waals surface area (Å²) in [5.41, 5.74) is 13.8. The Morgan fingerprint density at radius 1 is 0.889 bits per heavy atom. The van der Waals surface area contributed by atoms with Crippen LogP contribution in [0.15, 0.2) is 59.0 Å². The van der Waals surface area contributed by atoms with Crippen LogP contribution in [0.3, 0.4) is 0 Å². The summed E-state index contributed by atoms with van der Waals surface area (Å²) in [6, 6.07) is 8.78. The molecule has 0 fully saturated rings. The number of hydrogen-bond acceptors (Lipinski definition) is 8. The molecule has 0 amide bonds. The summed E-state index contributed by atoms with van der Waals surface area (Å²) in [6.45, 7) is 2.17. The van der Waals surface area contributed by atoms with E-state index < -0.39 is 0 Å². The van der Waals surface area contributed by atoms with Gasteiger partial charge >= 0.3 is 0 Å². The molecule has 2 aliphatic rings. The normalized spacial score (nSPS) is 24.0. The Kier molecular flexibility index (Phi) is 7.11. The monoisotopic (exact) mass is 400 g/mol. The lowest BCUT2D eigenvalue weighted by atomic mass is 10.1. The second-order valence-electron chi connectivity index (χ2n) is 6.41. The zero-order valence-corrected chi connectivity index (χ0v) is 16.9. The number of aliphatic imine (C=N–C) groups is 2. The minimum Gasteiger partial charge on any atom is -0.379 e. The molecule has 0 aromatic carbocycles. The molecule has 4 N–H and O–H groups in total. The molecule has 27 heavy (non-hydrogen) atoms. The molecule has 0 bridgehead atoms.